The summed E-state index contributed by atoms with van der Waals surface area (Å²) in [5, 5.41) is 41.6. The van der Waals surface area contributed by atoms with E-state index in [1.54, 1.807) is 0 Å². The number of aliphatic hydroxyl groups is 4. The minimum absolute atomic E-state index is 0.0505. The third-order valence-electron chi connectivity index (χ3n) is 6.75. The molecule has 5 heterocycles. The zero-order chi connectivity index (χ0) is 32.0. The van der Waals surface area contributed by atoms with Crippen LogP contribution in [0.15, 0.2) is 37.2 Å². The molecule has 2 fully saturated rings. The molecular formula is C21H28N7O14P2+. The molecule has 0 aliphatic carbocycles. The van der Waals surface area contributed by atoms with Crippen LogP contribution in [-0.4, -0.2) is 105 Å². The van der Waals surface area contributed by atoms with Gasteiger partial charge in [-0.1, -0.05) is 0 Å². The van der Waals surface area contributed by atoms with Gasteiger partial charge in [0.05, 0.1) is 19.5 Å². The Hall–Kier alpha value is -3.01. The van der Waals surface area contributed by atoms with Crippen molar-refractivity contribution in [2.24, 2.45) is 5.73 Å². The smallest absolute Gasteiger partial charge is 0.387 e. The fraction of sp³-hybridized carbons (Fsp3) is 0.476. The molecule has 240 valence electrons. The molecule has 3 aromatic rings. The predicted molar refractivity (Wildman–Crippen MR) is 139 cm³/mol. The van der Waals surface area contributed by atoms with Crippen LogP contribution in [0.2, 0.25) is 0 Å². The summed E-state index contributed by atoms with van der Waals surface area (Å²) in [6.45, 7) is -1.80. The van der Waals surface area contributed by atoms with Crippen LogP contribution in [0.25, 0.3) is 11.2 Å². The number of primary amides is 1. The van der Waals surface area contributed by atoms with Gasteiger partial charge in [-0.3, -0.25) is 18.4 Å². The first-order valence-corrected chi connectivity index (χ1v) is 15.6. The van der Waals surface area contributed by atoms with Crippen LogP contribution < -0.4 is 16.0 Å². The number of fused-ring (bicyclic) bond motifs is 1. The second kappa shape index (κ2) is 12.4. The van der Waals surface area contributed by atoms with Gasteiger partial charge < -0.3 is 51.2 Å². The topological polar surface area (TPSA) is 318 Å². The summed E-state index contributed by atoms with van der Waals surface area (Å²) in [6, 6.07) is 2.83. The van der Waals surface area contributed by atoms with Crippen LogP contribution in [0.1, 0.15) is 22.8 Å². The number of nitrogens with zero attached hydrogens (tertiary/aromatic N) is 5. The number of hydrogen-bond acceptors (Lipinski definition) is 16. The minimum atomic E-state index is -5.37. The Bertz CT molecular complexity index is 1630. The maximum atomic E-state index is 12.4. The quantitative estimate of drug-likeness (QED) is 0.0747. The first-order valence-electron chi connectivity index (χ1n) is 12.6. The van der Waals surface area contributed by atoms with E-state index >= 15 is 0 Å². The number of hydrogen-bond donors (Lipinski definition) is 8. The van der Waals surface area contributed by atoms with Crippen molar-refractivity contribution in [3.63, 3.8) is 0 Å². The molecule has 5 rings (SSSR count). The zero-order valence-corrected chi connectivity index (χ0v) is 24.0. The lowest BCUT2D eigenvalue weighted by Crippen LogP contribution is -2.46. The number of phosphoric ester groups is 2. The number of carbonyl (C=O) groups is 1. The SMILES string of the molecule is NC(=O)c1ccc[n+](C2OC(COP(=O)(O)OP(=O)(O)OCC3OC(n4cnc5c(N)ncnc54)[C@@H](O)[C@H]3O)[C@H](O)[C@@H]2O)c1. The molecule has 10 atom stereocenters. The summed E-state index contributed by atoms with van der Waals surface area (Å²) in [4.78, 5) is 43.3. The van der Waals surface area contributed by atoms with Crippen LogP contribution in [0.5, 0.6) is 0 Å². The highest BCUT2D eigenvalue weighted by atomic mass is 31.3. The van der Waals surface area contributed by atoms with Gasteiger partial charge >= 0.3 is 15.6 Å². The summed E-state index contributed by atoms with van der Waals surface area (Å²) in [6.07, 6.45) is -6.85. The molecule has 3 aromatic heterocycles. The first-order chi connectivity index (χ1) is 20.7. The molecule has 0 spiro atoms. The van der Waals surface area contributed by atoms with Gasteiger partial charge in [-0.2, -0.15) is 8.88 Å². The molecule has 23 heteroatoms. The Kier molecular flexibility index (Phi) is 9.13. The van der Waals surface area contributed by atoms with E-state index in [1.165, 1.54) is 40.0 Å². The van der Waals surface area contributed by atoms with Gasteiger partial charge in [0.15, 0.2) is 36.2 Å². The van der Waals surface area contributed by atoms with E-state index in [0.717, 1.165) is 6.33 Å². The molecule has 2 aliphatic heterocycles. The maximum Gasteiger partial charge on any atom is 0.481 e. The summed E-state index contributed by atoms with van der Waals surface area (Å²) in [5.41, 5.74) is 11.4. The number of carbonyl (C=O) groups excluding carboxylic acids is 1. The van der Waals surface area contributed by atoms with E-state index < -0.39 is 83.8 Å². The number of nitrogens with two attached hydrogens (primary N) is 2. The molecule has 21 nitrogen and oxygen atoms in total. The lowest BCUT2D eigenvalue weighted by Gasteiger charge is -2.20. The zero-order valence-electron chi connectivity index (χ0n) is 22.2. The summed E-state index contributed by atoms with van der Waals surface area (Å²) >= 11 is 0. The van der Waals surface area contributed by atoms with Crippen molar-refractivity contribution < 1.29 is 71.5 Å². The number of ether oxygens (including phenoxy) is 2. The third-order valence-corrected chi connectivity index (χ3v) is 9.35. The fourth-order valence-electron chi connectivity index (χ4n) is 4.58. The van der Waals surface area contributed by atoms with Crippen molar-refractivity contribution in [2.45, 2.75) is 49.1 Å². The van der Waals surface area contributed by atoms with E-state index in [2.05, 4.69) is 23.8 Å². The number of pyridine rings is 1. The van der Waals surface area contributed by atoms with Gasteiger partial charge in [0, 0.05) is 6.07 Å². The Morgan fingerprint density at radius 2 is 1.61 bits per heavy atom. The molecule has 6 unspecified atom stereocenters. The van der Waals surface area contributed by atoms with Gasteiger partial charge in [-0.05, 0) is 6.07 Å². The largest absolute Gasteiger partial charge is 0.481 e. The van der Waals surface area contributed by atoms with Crippen LogP contribution >= 0.6 is 15.6 Å². The third kappa shape index (κ3) is 6.65. The normalized spacial score (nSPS) is 31.6. The average molecular weight is 664 g/mol. The minimum Gasteiger partial charge on any atom is -0.387 e. The highest BCUT2D eigenvalue weighted by molar-refractivity contribution is 7.61. The Labute approximate surface area is 246 Å². The van der Waals surface area contributed by atoms with Gasteiger partial charge in [-0.25, -0.2) is 24.1 Å². The molecule has 2 saturated heterocycles. The number of phosphoric acid groups is 2. The number of aliphatic hydroxyl groups excluding tert-OH is 4. The van der Waals surface area contributed by atoms with Gasteiger partial charge in [0.2, 0.25) is 0 Å². The monoisotopic (exact) mass is 664 g/mol. The van der Waals surface area contributed by atoms with E-state index in [4.69, 9.17) is 25.5 Å². The molecule has 0 radical (unpaired) electrons. The van der Waals surface area contributed by atoms with Gasteiger partial charge in [0.1, 0.15) is 47.9 Å². The highest BCUT2D eigenvalue weighted by Crippen LogP contribution is 2.60. The number of amides is 1. The van der Waals surface area contributed by atoms with Gasteiger partial charge in [0.25, 0.3) is 12.1 Å². The Morgan fingerprint density at radius 3 is 2.27 bits per heavy atom. The summed E-state index contributed by atoms with van der Waals surface area (Å²) < 4.78 is 52.0. The van der Waals surface area contributed by atoms with E-state index in [9.17, 15) is 44.1 Å². The molecule has 1 amide bonds. The van der Waals surface area contributed by atoms with Crippen molar-refractivity contribution in [2.75, 3.05) is 18.9 Å². The second-order valence-electron chi connectivity index (χ2n) is 9.69. The van der Waals surface area contributed by atoms with Crippen LogP contribution in [0.4, 0.5) is 5.82 Å². The lowest BCUT2D eigenvalue weighted by atomic mass is 10.1. The summed E-state index contributed by atoms with van der Waals surface area (Å²) in [7, 11) is -10.7. The van der Waals surface area contributed by atoms with Crippen LogP contribution in [0.3, 0.4) is 0 Å². The molecule has 2 aliphatic rings. The number of rotatable bonds is 11. The molecule has 10 N–H and O–H groups in total. The van der Waals surface area contributed by atoms with Crippen molar-refractivity contribution in [3.8, 4) is 0 Å². The second-order valence-corrected chi connectivity index (χ2v) is 12.7. The van der Waals surface area contributed by atoms with Crippen molar-refractivity contribution in [1.82, 2.24) is 19.5 Å². The van der Waals surface area contributed by atoms with E-state index in [1.807, 2.05) is 0 Å². The fourth-order valence-corrected chi connectivity index (χ4v) is 6.67. The molecular weight excluding hydrogens is 636 g/mol. The molecule has 44 heavy (non-hydrogen) atoms. The van der Waals surface area contributed by atoms with Crippen molar-refractivity contribution in [3.05, 3.63) is 42.7 Å². The number of aromatic nitrogens is 5. The Morgan fingerprint density at radius 1 is 0.977 bits per heavy atom. The predicted octanol–water partition coefficient (Wildman–Crippen LogP) is -3.02. The molecule has 0 aromatic carbocycles. The van der Waals surface area contributed by atoms with Crippen molar-refractivity contribution >= 4 is 38.5 Å². The van der Waals surface area contributed by atoms with Crippen LogP contribution in [0, 0.1) is 0 Å². The number of imidazole rings is 1. The maximum absolute atomic E-state index is 12.4. The number of anilines is 1. The average Bonchev–Trinajstić information content (AvgIpc) is 3.61. The van der Waals surface area contributed by atoms with Crippen molar-refractivity contribution in [1.29, 1.82) is 0 Å². The van der Waals surface area contributed by atoms with E-state index in [-0.39, 0.29) is 22.5 Å². The molecule has 0 saturated carbocycles. The van der Waals surface area contributed by atoms with E-state index in [0.29, 0.717) is 0 Å². The lowest BCUT2D eigenvalue weighted by molar-refractivity contribution is -0.765. The first kappa shape index (κ1) is 32.4. The summed E-state index contributed by atoms with van der Waals surface area (Å²) in [5.74, 6) is -0.714. The standard InChI is InChI=1S/C21H27N7O14P2/c22-17-12-19(25-7-24-17)28(8-26-12)21-16(32)14(30)11(41-21)6-39-44(36,37)42-43(34,35)38-5-10-13(29)15(31)20(40-10)27-3-1-2-9(4-27)18(23)33/h1-4,7-8,10-11,13-16,20-21,29-32H,5-6H2,(H5-,22,23,24,25,33,34,35,36,37)/p+1/t10?,11?,13-,14-,15-,16-,20?,21?/m0/s1. The highest BCUT2D eigenvalue weighted by Gasteiger charge is 2.50. The van der Waals surface area contributed by atoms with Gasteiger partial charge in [-0.15, -0.1) is 0 Å². The van der Waals surface area contributed by atoms with Crippen LogP contribution in [-0.2, 0) is 32.0 Å². The molecule has 0 bridgehead atoms. The Balaban J connectivity index is 1.16. The number of nitrogen functional groups attached to an aromatic ring is 1.